The van der Waals surface area contributed by atoms with Crippen molar-refractivity contribution < 1.29 is 0 Å². The van der Waals surface area contributed by atoms with Crippen LogP contribution in [0.2, 0.25) is 0 Å². The van der Waals surface area contributed by atoms with Crippen LogP contribution >= 0.6 is 15.9 Å². The Labute approximate surface area is 121 Å². The number of nitrogens with two attached hydrogens (primary N) is 1. The summed E-state index contributed by atoms with van der Waals surface area (Å²) in [6, 6.07) is 10.4. The van der Waals surface area contributed by atoms with Gasteiger partial charge in [-0.15, -0.1) is 0 Å². The quantitative estimate of drug-likeness (QED) is 0.912. The molecule has 4 heteroatoms. The van der Waals surface area contributed by atoms with Gasteiger partial charge in [0, 0.05) is 10.2 Å². The highest BCUT2D eigenvalue weighted by atomic mass is 79.9. The van der Waals surface area contributed by atoms with Crippen LogP contribution in [0.4, 0.5) is 5.82 Å². The van der Waals surface area contributed by atoms with Gasteiger partial charge in [0.1, 0.15) is 11.9 Å². The highest BCUT2D eigenvalue weighted by molar-refractivity contribution is 9.10. The van der Waals surface area contributed by atoms with Crippen molar-refractivity contribution in [3.8, 4) is 6.07 Å². The number of nitrogen functional groups attached to an aromatic ring is 1. The third-order valence-electron chi connectivity index (χ3n) is 3.65. The SMILES string of the molecule is Cc1c(C#N)c(N)n(C(C)c2ccc(Br)cc2)c1C. The van der Waals surface area contributed by atoms with Crippen molar-refractivity contribution in [1.82, 2.24) is 4.57 Å². The first-order valence-corrected chi connectivity index (χ1v) is 6.89. The molecule has 2 aromatic rings. The van der Waals surface area contributed by atoms with Crippen LogP contribution in [0.5, 0.6) is 0 Å². The van der Waals surface area contributed by atoms with E-state index in [0.29, 0.717) is 11.4 Å². The summed E-state index contributed by atoms with van der Waals surface area (Å²) < 4.78 is 3.08. The van der Waals surface area contributed by atoms with E-state index in [2.05, 4.69) is 41.1 Å². The van der Waals surface area contributed by atoms with Crippen LogP contribution < -0.4 is 5.73 Å². The molecular formula is C15H16BrN3. The first kappa shape index (κ1) is 13.7. The van der Waals surface area contributed by atoms with Gasteiger partial charge in [0.15, 0.2) is 0 Å². The fraction of sp³-hybridized carbons (Fsp3) is 0.267. The summed E-state index contributed by atoms with van der Waals surface area (Å²) >= 11 is 3.43. The molecule has 0 spiro atoms. The fourth-order valence-electron chi connectivity index (χ4n) is 2.39. The minimum atomic E-state index is 0.105. The summed E-state index contributed by atoms with van der Waals surface area (Å²) in [7, 11) is 0. The van der Waals surface area contributed by atoms with Crippen molar-refractivity contribution in [2.24, 2.45) is 0 Å². The minimum Gasteiger partial charge on any atom is -0.384 e. The van der Waals surface area contributed by atoms with Crippen LogP contribution in [-0.2, 0) is 0 Å². The second-order valence-corrected chi connectivity index (χ2v) is 5.60. The van der Waals surface area contributed by atoms with Crippen LogP contribution in [-0.4, -0.2) is 4.57 Å². The van der Waals surface area contributed by atoms with Gasteiger partial charge in [0.25, 0.3) is 0 Å². The molecule has 19 heavy (non-hydrogen) atoms. The molecule has 2 N–H and O–H groups in total. The Hall–Kier alpha value is -1.73. The molecule has 0 aliphatic heterocycles. The number of anilines is 1. The smallest absolute Gasteiger partial charge is 0.122 e. The lowest BCUT2D eigenvalue weighted by Crippen LogP contribution is -2.11. The number of nitrogens with zero attached hydrogens (tertiary/aromatic N) is 2. The van der Waals surface area contributed by atoms with E-state index >= 15 is 0 Å². The molecule has 1 aromatic carbocycles. The van der Waals surface area contributed by atoms with Crippen LogP contribution in [0, 0.1) is 25.2 Å². The maximum absolute atomic E-state index is 9.18. The average molecular weight is 318 g/mol. The molecule has 0 bridgehead atoms. The maximum Gasteiger partial charge on any atom is 0.122 e. The molecule has 1 unspecified atom stereocenters. The van der Waals surface area contributed by atoms with Gasteiger partial charge in [-0.05, 0) is 44.0 Å². The summed E-state index contributed by atoms with van der Waals surface area (Å²) in [4.78, 5) is 0. The van der Waals surface area contributed by atoms with Crippen molar-refractivity contribution in [2.45, 2.75) is 26.8 Å². The number of hydrogen-bond acceptors (Lipinski definition) is 2. The lowest BCUT2D eigenvalue weighted by molar-refractivity contribution is 0.633. The zero-order valence-electron chi connectivity index (χ0n) is 11.2. The lowest BCUT2D eigenvalue weighted by Gasteiger charge is -2.18. The zero-order chi connectivity index (χ0) is 14.2. The van der Waals surface area contributed by atoms with Crippen LogP contribution in [0.15, 0.2) is 28.7 Å². The van der Waals surface area contributed by atoms with Crippen molar-refractivity contribution >= 4 is 21.7 Å². The second kappa shape index (κ2) is 5.10. The predicted octanol–water partition coefficient (Wildman–Crippen LogP) is 3.93. The first-order chi connectivity index (χ1) is 8.97. The van der Waals surface area contributed by atoms with Crippen molar-refractivity contribution in [1.29, 1.82) is 5.26 Å². The third kappa shape index (κ3) is 2.26. The third-order valence-corrected chi connectivity index (χ3v) is 4.17. The Morgan fingerprint density at radius 1 is 1.26 bits per heavy atom. The van der Waals surface area contributed by atoms with E-state index in [1.165, 1.54) is 0 Å². The molecule has 98 valence electrons. The van der Waals surface area contributed by atoms with Crippen molar-refractivity contribution in [3.63, 3.8) is 0 Å². The van der Waals surface area contributed by atoms with E-state index in [4.69, 9.17) is 5.73 Å². The Morgan fingerprint density at radius 2 is 1.84 bits per heavy atom. The van der Waals surface area contributed by atoms with E-state index in [-0.39, 0.29) is 6.04 Å². The number of benzene rings is 1. The molecule has 2 rings (SSSR count). The summed E-state index contributed by atoms with van der Waals surface area (Å²) in [6.07, 6.45) is 0. The average Bonchev–Trinajstić information content (AvgIpc) is 2.60. The van der Waals surface area contributed by atoms with Gasteiger partial charge >= 0.3 is 0 Å². The molecule has 0 radical (unpaired) electrons. The summed E-state index contributed by atoms with van der Waals surface area (Å²) in [5, 5.41) is 9.18. The largest absolute Gasteiger partial charge is 0.384 e. The van der Waals surface area contributed by atoms with Gasteiger partial charge in [-0.25, -0.2) is 0 Å². The fourth-order valence-corrected chi connectivity index (χ4v) is 2.65. The normalized spacial score (nSPS) is 12.2. The number of aromatic nitrogens is 1. The highest BCUT2D eigenvalue weighted by Crippen LogP contribution is 2.30. The van der Waals surface area contributed by atoms with Gasteiger partial charge in [-0.2, -0.15) is 5.26 Å². The number of halogens is 1. The lowest BCUT2D eigenvalue weighted by atomic mass is 10.1. The molecule has 0 aliphatic carbocycles. The summed E-state index contributed by atoms with van der Waals surface area (Å²) in [6.45, 7) is 6.03. The molecule has 1 atom stereocenters. The molecule has 1 heterocycles. The Bertz CT molecular complexity index is 648. The predicted molar refractivity (Wildman–Crippen MR) is 81.0 cm³/mol. The second-order valence-electron chi connectivity index (χ2n) is 4.68. The summed E-state index contributed by atoms with van der Waals surface area (Å²) in [5.74, 6) is 0.549. The minimum absolute atomic E-state index is 0.105. The number of hydrogen-bond donors (Lipinski definition) is 1. The highest BCUT2D eigenvalue weighted by Gasteiger charge is 2.19. The molecular weight excluding hydrogens is 302 g/mol. The zero-order valence-corrected chi connectivity index (χ0v) is 12.8. The van der Waals surface area contributed by atoms with E-state index < -0.39 is 0 Å². The summed E-state index contributed by atoms with van der Waals surface area (Å²) in [5.41, 5.74) is 9.87. The Morgan fingerprint density at radius 3 is 2.32 bits per heavy atom. The van der Waals surface area contributed by atoms with Crippen LogP contribution in [0.1, 0.15) is 35.3 Å². The van der Waals surface area contributed by atoms with Gasteiger partial charge < -0.3 is 10.3 Å². The molecule has 0 saturated heterocycles. The van der Waals surface area contributed by atoms with E-state index in [0.717, 1.165) is 21.3 Å². The molecule has 3 nitrogen and oxygen atoms in total. The van der Waals surface area contributed by atoms with Crippen molar-refractivity contribution in [2.75, 3.05) is 5.73 Å². The first-order valence-electron chi connectivity index (χ1n) is 6.09. The van der Waals surface area contributed by atoms with Gasteiger partial charge in [0.05, 0.1) is 11.6 Å². The van der Waals surface area contributed by atoms with E-state index in [1.807, 2.05) is 30.5 Å². The van der Waals surface area contributed by atoms with E-state index in [1.54, 1.807) is 0 Å². The van der Waals surface area contributed by atoms with Gasteiger partial charge in [-0.3, -0.25) is 0 Å². The number of rotatable bonds is 2. The van der Waals surface area contributed by atoms with Crippen LogP contribution in [0.3, 0.4) is 0 Å². The van der Waals surface area contributed by atoms with E-state index in [9.17, 15) is 5.26 Å². The van der Waals surface area contributed by atoms with Gasteiger partial charge in [-0.1, -0.05) is 28.1 Å². The van der Waals surface area contributed by atoms with Crippen LogP contribution in [0.25, 0.3) is 0 Å². The Kier molecular flexibility index (Phi) is 3.68. The molecule has 0 amide bonds. The molecule has 0 fully saturated rings. The Balaban J connectivity index is 2.54. The monoisotopic (exact) mass is 317 g/mol. The topological polar surface area (TPSA) is 54.7 Å². The van der Waals surface area contributed by atoms with Gasteiger partial charge in [0.2, 0.25) is 0 Å². The molecule has 0 aliphatic rings. The van der Waals surface area contributed by atoms with Crippen molar-refractivity contribution in [3.05, 3.63) is 51.1 Å². The molecule has 1 aromatic heterocycles. The molecule has 0 saturated carbocycles. The maximum atomic E-state index is 9.18. The standard InChI is InChI=1S/C15H16BrN3/c1-9-10(2)19(15(18)14(9)8-17)11(3)12-4-6-13(16)7-5-12/h4-7,11H,18H2,1-3H3. The number of nitriles is 1.